The number of benzene rings is 3. The maximum absolute atomic E-state index is 16.1. The van der Waals surface area contributed by atoms with Crippen LogP contribution in [-0.4, -0.2) is 42.6 Å². The minimum Gasteiger partial charge on any atom is -0.495 e. The first-order valence-corrected chi connectivity index (χ1v) is 16.2. The number of carbonyl (C=O) groups excluding carboxylic acids is 3. The lowest BCUT2D eigenvalue weighted by molar-refractivity contribution is -0.153. The second-order valence-electron chi connectivity index (χ2n) is 14.4. The van der Waals surface area contributed by atoms with Crippen molar-refractivity contribution in [3.8, 4) is 5.75 Å². The number of ether oxygens (including phenoxy) is 2. The molecule has 2 heterocycles. The standard InChI is InChI=1S/C36H40Cl2FN3O5/c1-34(2,3)18-27-36(22-13-12-20(37)17-25(22)41-33(36)45)29(21-9-8-10-23(38)30(21)39)31(42-27)32(44)40-24-14-11-19(15-26(24)46-7)16-28(43)47-35(4,5)6/h8-15,17,27,29,31,42H,16,18H2,1-7H3,(H,40,44)(H,41,45)/t27-,29-,31+,36?/m0/s1. The summed E-state index contributed by atoms with van der Waals surface area (Å²) >= 11 is 12.6. The maximum atomic E-state index is 16.1. The number of carbonyl (C=O) groups is 3. The van der Waals surface area contributed by atoms with E-state index in [1.54, 1.807) is 69.3 Å². The van der Waals surface area contributed by atoms with E-state index in [9.17, 15) is 14.4 Å². The molecule has 3 aromatic carbocycles. The molecule has 0 aliphatic carbocycles. The van der Waals surface area contributed by atoms with Crippen molar-refractivity contribution < 1.29 is 28.2 Å². The fourth-order valence-electron chi connectivity index (χ4n) is 6.86. The SMILES string of the molecule is COc1cc(CC(=O)OC(C)(C)C)ccc1NC(=O)[C@@H]1N[C@@H](CC(C)(C)C)C2(C(=O)Nc3cc(Cl)ccc32)[C@H]1c1cccc(Cl)c1F. The van der Waals surface area contributed by atoms with E-state index in [0.29, 0.717) is 39.7 Å². The topological polar surface area (TPSA) is 106 Å². The van der Waals surface area contributed by atoms with Crippen LogP contribution in [0.1, 0.15) is 70.6 Å². The Labute approximate surface area is 284 Å². The van der Waals surface area contributed by atoms with Crippen molar-refractivity contribution in [1.29, 1.82) is 0 Å². The molecule has 0 radical (unpaired) electrons. The molecule has 0 saturated carbocycles. The molecule has 1 saturated heterocycles. The molecule has 2 aliphatic heterocycles. The number of esters is 1. The van der Waals surface area contributed by atoms with E-state index >= 15 is 4.39 Å². The number of hydrogen-bond donors (Lipinski definition) is 3. The lowest BCUT2D eigenvalue weighted by atomic mass is 9.62. The van der Waals surface area contributed by atoms with Gasteiger partial charge in [-0.25, -0.2) is 4.39 Å². The monoisotopic (exact) mass is 683 g/mol. The number of anilines is 2. The van der Waals surface area contributed by atoms with Gasteiger partial charge in [0.25, 0.3) is 0 Å². The maximum Gasteiger partial charge on any atom is 0.310 e. The van der Waals surface area contributed by atoms with Crippen LogP contribution in [0.15, 0.2) is 54.6 Å². The smallest absolute Gasteiger partial charge is 0.310 e. The van der Waals surface area contributed by atoms with Gasteiger partial charge in [-0.2, -0.15) is 0 Å². The van der Waals surface area contributed by atoms with Crippen LogP contribution in [0.25, 0.3) is 0 Å². The number of rotatable bonds is 7. The number of amides is 2. The van der Waals surface area contributed by atoms with Crippen molar-refractivity contribution in [2.24, 2.45) is 5.41 Å². The molecule has 0 aromatic heterocycles. The van der Waals surface area contributed by atoms with E-state index in [1.165, 1.54) is 13.2 Å². The Morgan fingerprint density at radius 3 is 2.40 bits per heavy atom. The average molecular weight is 685 g/mol. The summed E-state index contributed by atoms with van der Waals surface area (Å²) in [5.74, 6) is -2.65. The summed E-state index contributed by atoms with van der Waals surface area (Å²) in [6.07, 6.45) is 0.491. The predicted octanol–water partition coefficient (Wildman–Crippen LogP) is 7.41. The molecular formula is C36H40Cl2FN3O5. The van der Waals surface area contributed by atoms with E-state index < -0.39 is 46.7 Å². The van der Waals surface area contributed by atoms with Crippen LogP contribution in [0.3, 0.4) is 0 Å². The Morgan fingerprint density at radius 2 is 1.74 bits per heavy atom. The zero-order chi connectivity index (χ0) is 34.5. The van der Waals surface area contributed by atoms with Crippen molar-refractivity contribution in [3.63, 3.8) is 0 Å². The second kappa shape index (κ2) is 12.7. The Balaban J connectivity index is 1.59. The largest absolute Gasteiger partial charge is 0.495 e. The first kappa shape index (κ1) is 34.7. The van der Waals surface area contributed by atoms with Crippen molar-refractivity contribution in [2.45, 2.75) is 83.4 Å². The summed E-state index contributed by atoms with van der Waals surface area (Å²) in [5, 5.41) is 9.69. The van der Waals surface area contributed by atoms with Gasteiger partial charge < -0.3 is 25.4 Å². The van der Waals surface area contributed by atoms with Gasteiger partial charge in [-0.05, 0) is 79.6 Å². The van der Waals surface area contributed by atoms with Crippen LogP contribution in [0.5, 0.6) is 5.75 Å². The quantitative estimate of drug-likeness (QED) is 0.224. The number of hydrogen-bond acceptors (Lipinski definition) is 6. The molecule has 1 spiro atoms. The molecule has 3 aromatic rings. The third kappa shape index (κ3) is 6.84. The molecule has 2 amide bonds. The minimum atomic E-state index is -1.39. The van der Waals surface area contributed by atoms with Gasteiger partial charge >= 0.3 is 5.97 Å². The highest BCUT2D eigenvalue weighted by Gasteiger charge is 2.66. The van der Waals surface area contributed by atoms with E-state index in [2.05, 4.69) is 16.0 Å². The first-order valence-electron chi connectivity index (χ1n) is 15.5. The van der Waals surface area contributed by atoms with Crippen molar-refractivity contribution in [2.75, 3.05) is 17.7 Å². The van der Waals surface area contributed by atoms with Gasteiger partial charge in [-0.3, -0.25) is 14.4 Å². The van der Waals surface area contributed by atoms with Gasteiger partial charge in [0.15, 0.2) is 0 Å². The molecule has 8 nitrogen and oxygen atoms in total. The van der Waals surface area contributed by atoms with Gasteiger partial charge in [-0.1, -0.05) is 68.2 Å². The summed E-state index contributed by atoms with van der Waals surface area (Å²) in [4.78, 5) is 41.2. The number of methoxy groups -OCH3 is 1. The third-order valence-corrected chi connectivity index (χ3v) is 9.04. The van der Waals surface area contributed by atoms with E-state index in [0.717, 1.165) is 0 Å². The van der Waals surface area contributed by atoms with Crippen LogP contribution in [0, 0.1) is 11.2 Å². The van der Waals surface area contributed by atoms with E-state index in [-0.39, 0.29) is 28.3 Å². The first-order chi connectivity index (χ1) is 21.9. The molecule has 0 bridgehead atoms. The van der Waals surface area contributed by atoms with Gasteiger partial charge in [0.05, 0.1) is 30.3 Å². The molecule has 1 fully saturated rings. The Kier molecular flexibility index (Phi) is 9.40. The zero-order valence-electron chi connectivity index (χ0n) is 27.5. The normalized spacial score (nSPS) is 22.2. The highest BCUT2D eigenvalue weighted by atomic mass is 35.5. The van der Waals surface area contributed by atoms with Gasteiger partial charge in [0.1, 0.15) is 22.6 Å². The highest BCUT2D eigenvalue weighted by Crippen LogP contribution is 2.57. The summed E-state index contributed by atoms with van der Waals surface area (Å²) in [7, 11) is 1.46. The van der Waals surface area contributed by atoms with Gasteiger partial charge in [0.2, 0.25) is 11.8 Å². The van der Waals surface area contributed by atoms with Crippen LogP contribution in [0.4, 0.5) is 15.8 Å². The Hall–Kier alpha value is -3.66. The summed E-state index contributed by atoms with van der Waals surface area (Å²) < 4.78 is 27.1. The molecule has 2 aliphatic rings. The van der Waals surface area contributed by atoms with Gasteiger partial charge in [0, 0.05) is 22.7 Å². The van der Waals surface area contributed by atoms with Crippen LogP contribution < -0.4 is 20.7 Å². The van der Waals surface area contributed by atoms with Gasteiger partial charge in [-0.15, -0.1) is 0 Å². The summed E-state index contributed by atoms with van der Waals surface area (Å²) in [6.45, 7) is 11.5. The van der Waals surface area contributed by atoms with Crippen molar-refractivity contribution in [1.82, 2.24) is 5.32 Å². The van der Waals surface area contributed by atoms with Crippen LogP contribution in [0.2, 0.25) is 10.0 Å². The molecular weight excluding hydrogens is 644 g/mol. The summed E-state index contributed by atoms with van der Waals surface area (Å²) in [5.41, 5.74) is -0.0512. The van der Waals surface area contributed by atoms with Crippen molar-refractivity contribution >= 4 is 52.4 Å². The van der Waals surface area contributed by atoms with Crippen LogP contribution in [-0.2, 0) is 31.0 Å². The van der Waals surface area contributed by atoms with E-state index in [4.69, 9.17) is 32.7 Å². The van der Waals surface area contributed by atoms with E-state index in [1.807, 2.05) is 20.8 Å². The van der Waals surface area contributed by atoms with Crippen molar-refractivity contribution in [3.05, 3.63) is 87.2 Å². The fraction of sp³-hybridized carbons (Fsp3) is 0.417. The molecule has 250 valence electrons. The third-order valence-electron chi connectivity index (χ3n) is 8.51. The number of nitrogens with one attached hydrogen (secondary N) is 3. The molecule has 47 heavy (non-hydrogen) atoms. The molecule has 4 atom stereocenters. The Bertz CT molecular complexity index is 1730. The molecule has 3 N–H and O–H groups in total. The predicted molar refractivity (Wildman–Crippen MR) is 182 cm³/mol. The fourth-order valence-corrected chi connectivity index (χ4v) is 7.21. The lowest BCUT2D eigenvalue weighted by Gasteiger charge is -2.37. The lowest BCUT2D eigenvalue weighted by Crippen LogP contribution is -2.49. The second-order valence-corrected chi connectivity index (χ2v) is 15.2. The zero-order valence-corrected chi connectivity index (χ0v) is 29.0. The highest BCUT2D eigenvalue weighted by molar-refractivity contribution is 6.31. The number of halogens is 3. The van der Waals surface area contributed by atoms with Crippen LogP contribution >= 0.6 is 23.2 Å². The molecule has 1 unspecified atom stereocenters. The summed E-state index contributed by atoms with van der Waals surface area (Å²) in [6, 6.07) is 13.1. The minimum absolute atomic E-state index is 0.0116. The number of fused-ring (bicyclic) bond motifs is 2. The molecule has 5 rings (SSSR count). The average Bonchev–Trinajstić information content (AvgIpc) is 3.43. The Morgan fingerprint density at radius 1 is 1.02 bits per heavy atom. The molecule has 11 heteroatoms.